The fourth-order valence-electron chi connectivity index (χ4n) is 0.634. The van der Waals surface area contributed by atoms with E-state index in [1.807, 2.05) is 0 Å². The molecule has 0 saturated heterocycles. The Kier molecular flexibility index (Phi) is 15.7. The van der Waals surface area contributed by atoms with Gasteiger partial charge >= 0.3 is 5.97 Å². The van der Waals surface area contributed by atoms with Crippen molar-refractivity contribution in [2.75, 3.05) is 0 Å². The lowest BCUT2D eigenvalue weighted by atomic mass is 10.1. The third kappa shape index (κ3) is 10.1. The van der Waals surface area contributed by atoms with Gasteiger partial charge in [-0.05, 0) is 6.42 Å². The molecule has 0 rings (SSSR count). The minimum Gasteiger partial charge on any atom is -0.481 e. The van der Waals surface area contributed by atoms with Crippen molar-refractivity contribution in [2.45, 2.75) is 33.1 Å². The quantitative estimate of drug-likeness (QED) is 0.762. The molecule has 0 fully saturated rings. The molecular formula is C7H16Cl2O2. The summed E-state index contributed by atoms with van der Waals surface area (Å²) in [6.07, 6.45) is 2.91. The van der Waals surface area contributed by atoms with Crippen LogP contribution in [0.1, 0.15) is 33.1 Å². The van der Waals surface area contributed by atoms with E-state index in [4.69, 9.17) is 5.11 Å². The van der Waals surface area contributed by atoms with Gasteiger partial charge in [-0.3, -0.25) is 4.79 Å². The van der Waals surface area contributed by atoms with Crippen LogP contribution in [0.15, 0.2) is 0 Å². The number of carbonyl (C=O) groups is 1. The summed E-state index contributed by atoms with van der Waals surface area (Å²) in [6, 6.07) is 0. The van der Waals surface area contributed by atoms with Crippen molar-refractivity contribution in [2.24, 2.45) is 5.92 Å². The largest absolute Gasteiger partial charge is 0.481 e. The molecule has 0 radical (unpaired) electrons. The highest BCUT2D eigenvalue weighted by molar-refractivity contribution is 5.85. The van der Waals surface area contributed by atoms with E-state index in [2.05, 4.69) is 6.92 Å². The molecule has 11 heavy (non-hydrogen) atoms. The molecule has 0 amide bonds. The van der Waals surface area contributed by atoms with Crippen LogP contribution in [0.25, 0.3) is 0 Å². The topological polar surface area (TPSA) is 37.3 Å². The van der Waals surface area contributed by atoms with Gasteiger partial charge in [0.15, 0.2) is 0 Å². The van der Waals surface area contributed by atoms with Gasteiger partial charge < -0.3 is 5.11 Å². The number of unbranched alkanes of at least 4 members (excludes halogenated alkanes) is 1. The van der Waals surface area contributed by atoms with Crippen molar-refractivity contribution in [3.05, 3.63) is 0 Å². The lowest BCUT2D eigenvalue weighted by Crippen LogP contribution is -2.08. The molecule has 1 atom stereocenters. The molecule has 0 aliphatic rings. The number of hydrogen-bond donors (Lipinski definition) is 1. The van der Waals surface area contributed by atoms with Gasteiger partial charge in [0.2, 0.25) is 0 Å². The molecule has 1 N–H and O–H groups in total. The Morgan fingerprint density at radius 2 is 1.91 bits per heavy atom. The smallest absolute Gasteiger partial charge is 0.306 e. The van der Waals surface area contributed by atoms with E-state index in [-0.39, 0.29) is 30.7 Å². The first-order valence-electron chi connectivity index (χ1n) is 3.41. The third-order valence-electron chi connectivity index (χ3n) is 1.41. The Balaban J connectivity index is -0.000000320. The maximum Gasteiger partial charge on any atom is 0.306 e. The highest BCUT2D eigenvalue weighted by Gasteiger charge is 2.08. The summed E-state index contributed by atoms with van der Waals surface area (Å²) < 4.78 is 0. The van der Waals surface area contributed by atoms with Gasteiger partial charge in [-0.15, -0.1) is 24.8 Å². The normalized spacial score (nSPS) is 10.7. The van der Waals surface area contributed by atoms with Crippen LogP contribution in [-0.2, 0) is 4.79 Å². The van der Waals surface area contributed by atoms with E-state index in [1.165, 1.54) is 0 Å². The van der Waals surface area contributed by atoms with E-state index in [9.17, 15) is 4.79 Å². The maximum absolute atomic E-state index is 10.2. The van der Waals surface area contributed by atoms with Crippen molar-refractivity contribution in [3.63, 3.8) is 0 Å². The molecule has 0 aromatic carbocycles. The number of halogens is 2. The van der Waals surface area contributed by atoms with Gasteiger partial charge in [-0.25, -0.2) is 0 Å². The van der Waals surface area contributed by atoms with Crippen LogP contribution in [0.5, 0.6) is 0 Å². The average Bonchev–Trinajstić information content (AvgIpc) is 1.82. The molecule has 2 nitrogen and oxygen atoms in total. The summed E-state index contributed by atoms with van der Waals surface area (Å²) in [5.74, 6) is -0.839. The van der Waals surface area contributed by atoms with Crippen molar-refractivity contribution in [3.8, 4) is 0 Å². The molecule has 1 unspecified atom stereocenters. The minimum absolute atomic E-state index is 0. The lowest BCUT2D eigenvalue weighted by molar-refractivity contribution is -0.141. The molecule has 0 saturated carbocycles. The van der Waals surface area contributed by atoms with Crippen molar-refractivity contribution >= 4 is 30.8 Å². The summed E-state index contributed by atoms with van der Waals surface area (Å²) in [6.45, 7) is 3.81. The van der Waals surface area contributed by atoms with Crippen molar-refractivity contribution in [1.82, 2.24) is 0 Å². The molecule has 0 aliphatic heterocycles. The van der Waals surface area contributed by atoms with Crippen molar-refractivity contribution < 1.29 is 9.90 Å². The van der Waals surface area contributed by atoms with Gasteiger partial charge in [-0.1, -0.05) is 26.7 Å². The molecule has 70 valence electrons. The fraction of sp³-hybridized carbons (Fsp3) is 0.857. The van der Waals surface area contributed by atoms with Gasteiger partial charge in [0, 0.05) is 0 Å². The van der Waals surface area contributed by atoms with Crippen LogP contribution in [-0.4, -0.2) is 11.1 Å². The Bertz CT molecular complexity index is 96.4. The summed E-state index contributed by atoms with van der Waals surface area (Å²) in [7, 11) is 0. The number of aliphatic carboxylic acids is 1. The van der Waals surface area contributed by atoms with Crippen LogP contribution in [0, 0.1) is 5.92 Å². The highest BCUT2D eigenvalue weighted by atomic mass is 35.5. The molecule has 0 spiro atoms. The monoisotopic (exact) mass is 202 g/mol. The molecule has 0 aliphatic carbocycles. The Morgan fingerprint density at radius 1 is 1.45 bits per heavy atom. The fourth-order valence-corrected chi connectivity index (χ4v) is 0.634. The van der Waals surface area contributed by atoms with E-state index < -0.39 is 5.97 Å². The Labute approximate surface area is 80.2 Å². The molecule has 0 bridgehead atoms. The highest BCUT2D eigenvalue weighted by Crippen LogP contribution is 2.06. The Hall–Kier alpha value is 0.0500. The van der Waals surface area contributed by atoms with E-state index in [0.29, 0.717) is 0 Å². The second-order valence-electron chi connectivity index (χ2n) is 2.38. The molecular weight excluding hydrogens is 187 g/mol. The summed E-state index contributed by atoms with van der Waals surface area (Å²) in [5.41, 5.74) is 0. The standard InChI is InChI=1S/C7H14O2.2ClH/c1-3-4-5-6(2)7(8)9;;/h6H,3-5H2,1-2H3,(H,8,9);2*1H. The Morgan fingerprint density at radius 3 is 2.18 bits per heavy atom. The molecule has 0 aromatic rings. The van der Waals surface area contributed by atoms with Gasteiger partial charge in [-0.2, -0.15) is 0 Å². The van der Waals surface area contributed by atoms with Crippen molar-refractivity contribution in [1.29, 1.82) is 0 Å². The molecule has 0 aromatic heterocycles. The van der Waals surface area contributed by atoms with Crippen LogP contribution < -0.4 is 0 Å². The lowest BCUT2D eigenvalue weighted by Gasteiger charge is -2.02. The second-order valence-corrected chi connectivity index (χ2v) is 2.38. The first-order chi connectivity index (χ1) is 4.18. The van der Waals surface area contributed by atoms with Gasteiger partial charge in [0.25, 0.3) is 0 Å². The van der Waals surface area contributed by atoms with Crippen LogP contribution >= 0.6 is 24.8 Å². The number of carboxylic acids is 1. The first-order valence-corrected chi connectivity index (χ1v) is 3.41. The van der Waals surface area contributed by atoms with Crippen LogP contribution in [0.3, 0.4) is 0 Å². The summed E-state index contributed by atoms with van der Waals surface area (Å²) in [4.78, 5) is 10.2. The van der Waals surface area contributed by atoms with E-state index >= 15 is 0 Å². The van der Waals surface area contributed by atoms with Crippen LogP contribution in [0.4, 0.5) is 0 Å². The SMILES string of the molecule is CCCCC(C)C(=O)O.Cl.Cl. The van der Waals surface area contributed by atoms with Gasteiger partial charge in [0.1, 0.15) is 0 Å². The zero-order valence-electron chi connectivity index (χ0n) is 6.87. The first kappa shape index (κ1) is 17.2. The average molecular weight is 203 g/mol. The third-order valence-corrected chi connectivity index (χ3v) is 1.41. The van der Waals surface area contributed by atoms with Gasteiger partial charge in [0.05, 0.1) is 5.92 Å². The zero-order chi connectivity index (χ0) is 7.28. The maximum atomic E-state index is 10.2. The number of carboxylic acid groups (broad SMARTS) is 1. The van der Waals surface area contributed by atoms with E-state index in [1.54, 1.807) is 6.92 Å². The number of hydrogen-bond acceptors (Lipinski definition) is 1. The van der Waals surface area contributed by atoms with Crippen LogP contribution in [0.2, 0.25) is 0 Å². The van der Waals surface area contributed by atoms with E-state index in [0.717, 1.165) is 19.3 Å². The second kappa shape index (κ2) is 10.0. The predicted molar refractivity (Wildman–Crippen MR) is 50.8 cm³/mol. The predicted octanol–water partition coefficient (Wildman–Crippen LogP) is 2.74. The summed E-state index contributed by atoms with van der Waals surface area (Å²) in [5, 5.41) is 8.41. The number of rotatable bonds is 4. The minimum atomic E-state index is -0.677. The summed E-state index contributed by atoms with van der Waals surface area (Å²) >= 11 is 0. The molecule has 0 heterocycles. The zero-order valence-corrected chi connectivity index (χ0v) is 8.50. The molecule has 4 heteroatoms.